The summed E-state index contributed by atoms with van der Waals surface area (Å²) in [7, 11) is -2.69. The van der Waals surface area contributed by atoms with Gasteiger partial charge in [-0.1, -0.05) is 30.3 Å². The minimum absolute atomic E-state index is 0.376. The van der Waals surface area contributed by atoms with Crippen molar-refractivity contribution >= 4 is 27.3 Å². The van der Waals surface area contributed by atoms with E-state index in [0.29, 0.717) is 5.01 Å². The molecule has 0 fully saturated rings. The summed E-state index contributed by atoms with van der Waals surface area (Å²) in [5.74, 6) is -1.36. The number of carboxylic acids is 1. The number of hydrogen-bond donors (Lipinski definition) is 2. The highest BCUT2D eigenvalue weighted by Gasteiger charge is 2.28. The second-order valence-electron chi connectivity index (χ2n) is 5.57. The van der Waals surface area contributed by atoms with Gasteiger partial charge < -0.3 is 5.11 Å². The highest BCUT2D eigenvalue weighted by Crippen LogP contribution is 2.26. The molecule has 2 heterocycles. The minimum atomic E-state index is -4.07. The molecule has 0 saturated heterocycles. The molecule has 10 heteroatoms. The van der Waals surface area contributed by atoms with E-state index >= 15 is 0 Å². The summed E-state index contributed by atoms with van der Waals surface area (Å²) in [6.45, 7) is 1.65. The smallest absolute Gasteiger partial charge is 0.355 e. The molecule has 136 valence electrons. The van der Waals surface area contributed by atoms with Crippen LogP contribution in [0.3, 0.4) is 0 Å². The summed E-state index contributed by atoms with van der Waals surface area (Å²) in [6, 6.07) is 8.92. The van der Waals surface area contributed by atoms with Crippen LogP contribution in [-0.2, 0) is 17.1 Å². The lowest BCUT2D eigenvalue weighted by Crippen LogP contribution is -2.28. The molecule has 0 aliphatic carbocycles. The molecule has 0 aliphatic rings. The fraction of sp³-hybridized carbons (Fsp3) is 0.188. The van der Waals surface area contributed by atoms with Gasteiger partial charge >= 0.3 is 5.97 Å². The normalized spacial score (nSPS) is 12.8. The van der Waals surface area contributed by atoms with Crippen molar-refractivity contribution < 1.29 is 18.3 Å². The van der Waals surface area contributed by atoms with Crippen LogP contribution in [0.2, 0.25) is 0 Å². The highest BCUT2D eigenvalue weighted by molar-refractivity contribution is 7.89. The number of aryl methyl sites for hydroxylation is 1. The number of sulfonamides is 1. The highest BCUT2D eigenvalue weighted by atomic mass is 32.2. The molecule has 3 aromatic rings. The van der Waals surface area contributed by atoms with Crippen molar-refractivity contribution in [3.63, 3.8) is 0 Å². The van der Waals surface area contributed by atoms with E-state index in [1.165, 1.54) is 18.4 Å². The Morgan fingerprint density at radius 3 is 2.65 bits per heavy atom. The Bertz CT molecular complexity index is 1040. The Morgan fingerprint density at radius 2 is 2.00 bits per heavy atom. The van der Waals surface area contributed by atoms with Crippen molar-refractivity contribution in [2.75, 3.05) is 0 Å². The quantitative estimate of drug-likeness (QED) is 0.665. The number of rotatable bonds is 6. The van der Waals surface area contributed by atoms with Crippen LogP contribution in [0.25, 0.3) is 11.3 Å². The van der Waals surface area contributed by atoms with Crippen molar-refractivity contribution in [2.24, 2.45) is 7.05 Å². The molecule has 1 aromatic carbocycles. The number of nitrogens with zero attached hydrogens (tertiary/aromatic N) is 3. The predicted octanol–water partition coefficient (Wildman–Crippen LogP) is 2.28. The SMILES string of the molecule is CC(NS(=O)(=O)c1cnn(C)c1C(=O)O)c1nc(-c2ccccc2)cs1. The van der Waals surface area contributed by atoms with Crippen LogP contribution in [0.1, 0.15) is 28.5 Å². The molecule has 2 aromatic heterocycles. The summed E-state index contributed by atoms with van der Waals surface area (Å²) in [6.07, 6.45) is 1.02. The summed E-state index contributed by atoms with van der Waals surface area (Å²) in [5.41, 5.74) is 1.29. The Labute approximate surface area is 154 Å². The van der Waals surface area contributed by atoms with Crippen LogP contribution in [0.5, 0.6) is 0 Å². The number of aromatic nitrogens is 3. The lowest BCUT2D eigenvalue weighted by molar-refractivity contribution is 0.0680. The maximum Gasteiger partial charge on any atom is 0.355 e. The molecule has 0 saturated carbocycles. The average molecular weight is 392 g/mol. The van der Waals surface area contributed by atoms with E-state index in [9.17, 15) is 18.3 Å². The fourth-order valence-electron chi connectivity index (χ4n) is 2.43. The van der Waals surface area contributed by atoms with Crippen molar-refractivity contribution in [3.05, 3.63) is 52.6 Å². The maximum atomic E-state index is 12.6. The van der Waals surface area contributed by atoms with Crippen molar-refractivity contribution in [3.8, 4) is 11.3 Å². The van der Waals surface area contributed by atoms with Gasteiger partial charge in [0.2, 0.25) is 10.0 Å². The van der Waals surface area contributed by atoms with E-state index in [-0.39, 0.29) is 4.90 Å². The van der Waals surface area contributed by atoms with E-state index in [1.807, 2.05) is 35.7 Å². The third kappa shape index (κ3) is 3.52. The summed E-state index contributed by atoms with van der Waals surface area (Å²) in [5, 5.41) is 15.4. The molecule has 1 atom stereocenters. The molecule has 0 amide bonds. The average Bonchev–Trinajstić information content (AvgIpc) is 3.22. The topological polar surface area (TPSA) is 114 Å². The predicted molar refractivity (Wildman–Crippen MR) is 96.5 cm³/mol. The lowest BCUT2D eigenvalue weighted by Gasteiger charge is -2.11. The molecule has 3 rings (SSSR count). The number of hydrogen-bond acceptors (Lipinski definition) is 6. The van der Waals surface area contributed by atoms with Gasteiger partial charge in [-0.05, 0) is 6.92 Å². The van der Waals surface area contributed by atoms with Gasteiger partial charge in [0.1, 0.15) is 9.90 Å². The Balaban J connectivity index is 1.85. The lowest BCUT2D eigenvalue weighted by atomic mass is 10.2. The van der Waals surface area contributed by atoms with E-state index in [2.05, 4.69) is 14.8 Å². The van der Waals surface area contributed by atoms with Gasteiger partial charge in [0.25, 0.3) is 0 Å². The molecule has 26 heavy (non-hydrogen) atoms. The molecule has 0 spiro atoms. The van der Waals surface area contributed by atoms with Gasteiger partial charge in [-0.2, -0.15) is 5.10 Å². The van der Waals surface area contributed by atoms with E-state index < -0.39 is 27.7 Å². The molecule has 2 N–H and O–H groups in total. The first-order chi connectivity index (χ1) is 12.3. The summed E-state index contributed by atoms with van der Waals surface area (Å²) in [4.78, 5) is 15.4. The minimum Gasteiger partial charge on any atom is -0.476 e. The Hall–Kier alpha value is -2.56. The van der Waals surface area contributed by atoms with Gasteiger partial charge in [0, 0.05) is 18.0 Å². The summed E-state index contributed by atoms with van der Waals surface area (Å²) >= 11 is 1.33. The molecule has 1 unspecified atom stereocenters. The Kier molecular flexibility index (Phi) is 4.90. The zero-order chi connectivity index (χ0) is 18.9. The van der Waals surface area contributed by atoms with Gasteiger partial charge in [-0.25, -0.2) is 22.9 Å². The largest absolute Gasteiger partial charge is 0.476 e. The van der Waals surface area contributed by atoms with Crippen LogP contribution in [0.15, 0.2) is 46.8 Å². The van der Waals surface area contributed by atoms with Gasteiger partial charge in [0.05, 0.1) is 17.9 Å². The number of benzene rings is 1. The van der Waals surface area contributed by atoms with Crippen molar-refractivity contribution in [2.45, 2.75) is 17.9 Å². The third-order valence-electron chi connectivity index (χ3n) is 3.69. The number of aromatic carboxylic acids is 1. The van der Waals surface area contributed by atoms with Gasteiger partial charge in [-0.3, -0.25) is 4.68 Å². The van der Waals surface area contributed by atoms with E-state index in [4.69, 9.17) is 0 Å². The zero-order valence-corrected chi connectivity index (χ0v) is 15.6. The van der Waals surface area contributed by atoms with Crippen LogP contribution in [0, 0.1) is 0 Å². The molecular formula is C16H16N4O4S2. The fourth-order valence-corrected chi connectivity index (χ4v) is 4.71. The van der Waals surface area contributed by atoms with Crippen LogP contribution in [0.4, 0.5) is 0 Å². The molecule has 0 aliphatic heterocycles. The first-order valence-electron chi connectivity index (χ1n) is 7.58. The van der Waals surface area contributed by atoms with Crippen LogP contribution in [-0.4, -0.2) is 34.3 Å². The van der Waals surface area contributed by atoms with E-state index in [1.54, 1.807) is 6.92 Å². The van der Waals surface area contributed by atoms with Crippen LogP contribution >= 0.6 is 11.3 Å². The first-order valence-corrected chi connectivity index (χ1v) is 9.94. The molecule has 0 bridgehead atoms. The maximum absolute atomic E-state index is 12.6. The van der Waals surface area contributed by atoms with Crippen molar-refractivity contribution in [1.82, 2.24) is 19.5 Å². The van der Waals surface area contributed by atoms with Crippen LogP contribution < -0.4 is 4.72 Å². The Morgan fingerprint density at radius 1 is 1.31 bits per heavy atom. The number of nitrogens with one attached hydrogen (secondary N) is 1. The third-order valence-corrected chi connectivity index (χ3v) is 6.26. The first kappa shape index (κ1) is 18.2. The van der Waals surface area contributed by atoms with Crippen molar-refractivity contribution in [1.29, 1.82) is 0 Å². The van der Waals surface area contributed by atoms with E-state index in [0.717, 1.165) is 22.1 Å². The number of carboxylic acid groups (broad SMARTS) is 1. The molecular weight excluding hydrogens is 376 g/mol. The van der Waals surface area contributed by atoms with Gasteiger partial charge in [0.15, 0.2) is 5.69 Å². The second kappa shape index (κ2) is 6.98. The molecule has 0 radical (unpaired) electrons. The van der Waals surface area contributed by atoms with Gasteiger partial charge in [-0.15, -0.1) is 11.3 Å². The number of carbonyl (C=O) groups is 1. The molecule has 8 nitrogen and oxygen atoms in total. The second-order valence-corrected chi connectivity index (χ2v) is 8.14. The number of thiazole rings is 1. The summed E-state index contributed by atoms with van der Waals surface area (Å²) < 4.78 is 28.6. The monoisotopic (exact) mass is 392 g/mol. The standard InChI is InChI=1S/C16H16N4O4S2/c1-10(15-18-12(9-25-15)11-6-4-3-5-7-11)19-26(23,24)13-8-17-20(2)14(13)16(21)22/h3-10,19H,1-2H3,(H,21,22). The zero-order valence-electron chi connectivity index (χ0n) is 13.9.